The average Bonchev–Trinajstić information content (AvgIpc) is 2.90. The molecule has 0 saturated carbocycles. The Kier molecular flexibility index (Phi) is 6.54. The number of ether oxygens (including phenoxy) is 3. The Morgan fingerprint density at radius 3 is 2.66 bits per heavy atom. The van der Waals surface area contributed by atoms with Crippen molar-refractivity contribution in [3.05, 3.63) is 52.5 Å². The van der Waals surface area contributed by atoms with Crippen LogP contribution in [-0.2, 0) is 26.2 Å². The van der Waals surface area contributed by atoms with Crippen molar-refractivity contribution in [1.82, 2.24) is 0 Å². The van der Waals surface area contributed by atoms with E-state index in [1.165, 1.54) is 0 Å². The fourth-order valence-electron chi connectivity index (χ4n) is 2.92. The minimum Gasteiger partial charge on any atom is -0.489 e. The smallest absolute Gasteiger partial charge is 0.327 e. The molecule has 156 valence electrons. The Balaban J connectivity index is 1.71. The van der Waals surface area contributed by atoms with Gasteiger partial charge in [-0.3, -0.25) is 9.10 Å². The average molecular weight is 440 g/mol. The molecule has 0 amide bonds. The minimum atomic E-state index is -3.67. The standard InChI is InChI=1S/C20H22ClNO6S/c1-14-6-3-4-7-17(14)22(29(2,24)25)12-19(23)28-13-15-10-16(21)20-18(11-15)26-8-5-9-27-20/h3-4,6-7,10-11H,5,8-9,12-13H2,1-2H3. The summed E-state index contributed by atoms with van der Waals surface area (Å²) in [5.41, 5.74) is 1.79. The first-order chi connectivity index (χ1) is 13.8. The predicted molar refractivity (Wildman–Crippen MR) is 110 cm³/mol. The van der Waals surface area contributed by atoms with Crippen molar-refractivity contribution in [3.63, 3.8) is 0 Å². The summed E-state index contributed by atoms with van der Waals surface area (Å²) in [6.07, 6.45) is 1.80. The lowest BCUT2D eigenvalue weighted by molar-refractivity contribution is -0.143. The van der Waals surface area contributed by atoms with Crippen LogP contribution in [0.15, 0.2) is 36.4 Å². The van der Waals surface area contributed by atoms with Crippen molar-refractivity contribution >= 4 is 33.3 Å². The number of hydrogen-bond acceptors (Lipinski definition) is 6. The first kappa shape index (κ1) is 21.3. The molecular formula is C20H22ClNO6S. The van der Waals surface area contributed by atoms with E-state index < -0.39 is 22.5 Å². The Hall–Kier alpha value is -2.45. The first-order valence-electron chi connectivity index (χ1n) is 9.02. The molecule has 2 aromatic carbocycles. The van der Waals surface area contributed by atoms with Crippen LogP contribution < -0.4 is 13.8 Å². The second-order valence-corrected chi connectivity index (χ2v) is 8.99. The number of rotatable bonds is 6. The van der Waals surface area contributed by atoms with Crippen molar-refractivity contribution in [3.8, 4) is 11.5 Å². The van der Waals surface area contributed by atoms with Gasteiger partial charge in [0, 0.05) is 6.42 Å². The molecular weight excluding hydrogens is 418 g/mol. The lowest BCUT2D eigenvalue weighted by atomic mass is 10.2. The highest BCUT2D eigenvalue weighted by atomic mass is 35.5. The number of carbonyl (C=O) groups is 1. The molecule has 0 saturated heterocycles. The van der Waals surface area contributed by atoms with Gasteiger partial charge in [-0.25, -0.2) is 8.42 Å². The number of benzene rings is 2. The third kappa shape index (κ3) is 5.33. The van der Waals surface area contributed by atoms with Crippen LogP contribution >= 0.6 is 11.6 Å². The van der Waals surface area contributed by atoms with E-state index in [9.17, 15) is 13.2 Å². The molecule has 0 bridgehead atoms. The maximum Gasteiger partial charge on any atom is 0.327 e. The number of halogens is 1. The number of para-hydroxylation sites is 1. The molecule has 7 nitrogen and oxygen atoms in total. The Morgan fingerprint density at radius 1 is 1.21 bits per heavy atom. The number of aryl methyl sites for hydroxylation is 1. The first-order valence-corrected chi connectivity index (χ1v) is 11.3. The molecule has 0 N–H and O–H groups in total. The van der Waals surface area contributed by atoms with E-state index in [0.717, 1.165) is 22.5 Å². The summed E-state index contributed by atoms with van der Waals surface area (Å²) in [5.74, 6) is 0.294. The van der Waals surface area contributed by atoms with Crippen LogP contribution in [0.1, 0.15) is 17.5 Å². The molecule has 0 aromatic heterocycles. The lowest BCUT2D eigenvalue weighted by Gasteiger charge is -2.23. The highest BCUT2D eigenvalue weighted by molar-refractivity contribution is 7.92. The van der Waals surface area contributed by atoms with E-state index in [2.05, 4.69) is 0 Å². The van der Waals surface area contributed by atoms with Crippen molar-refractivity contribution in [1.29, 1.82) is 0 Å². The number of nitrogens with zero attached hydrogens (tertiary/aromatic N) is 1. The number of sulfonamides is 1. The van der Waals surface area contributed by atoms with E-state index >= 15 is 0 Å². The fourth-order valence-corrected chi connectivity index (χ4v) is 4.11. The van der Waals surface area contributed by atoms with Crippen LogP contribution in [0.2, 0.25) is 5.02 Å². The van der Waals surface area contributed by atoms with Gasteiger partial charge < -0.3 is 14.2 Å². The lowest BCUT2D eigenvalue weighted by Crippen LogP contribution is -2.36. The molecule has 0 spiro atoms. The van der Waals surface area contributed by atoms with Gasteiger partial charge in [-0.1, -0.05) is 29.8 Å². The van der Waals surface area contributed by atoms with Crippen LogP contribution in [0.4, 0.5) is 5.69 Å². The summed E-state index contributed by atoms with van der Waals surface area (Å²) in [7, 11) is -3.67. The minimum absolute atomic E-state index is 0.0689. The van der Waals surface area contributed by atoms with Gasteiger partial charge in [-0.2, -0.15) is 0 Å². The molecule has 0 unspecified atom stereocenters. The molecule has 0 aliphatic carbocycles. The van der Waals surface area contributed by atoms with Gasteiger partial charge in [-0.15, -0.1) is 0 Å². The van der Waals surface area contributed by atoms with Crippen molar-refractivity contribution in [2.24, 2.45) is 0 Å². The Labute approximate surface area is 175 Å². The third-order valence-corrected chi connectivity index (χ3v) is 5.73. The normalized spacial score (nSPS) is 13.5. The van der Waals surface area contributed by atoms with E-state index in [-0.39, 0.29) is 6.61 Å². The van der Waals surface area contributed by atoms with Crippen molar-refractivity contribution in [2.45, 2.75) is 20.0 Å². The zero-order chi connectivity index (χ0) is 21.0. The second-order valence-electron chi connectivity index (χ2n) is 6.67. The highest BCUT2D eigenvalue weighted by Crippen LogP contribution is 2.38. The molecule has 0 fully saturated rings. The van der Waals surface area contributed by atoms with Gasteiger partial charge in [0.1, 0.15) is 13.2 Å². The molecule has 29 heavy (non-hydrogen) atoms. The molecule has 1 aliphatic heterocycles. The van der Waals surface area contributed by atoms with Crippen molar-refractivity contribution in [2.75, 3.05) is 30.3 Å². The van der Waals surface area contributed by atoms with E-state index in [1.54, 1.807) is 43.3 Å². The zero-order valence-corrected chi connectivity index (χ0v) is 17.8. The van der Waals surface area contributed by atoms with E-state index in [0.29, 0.717) is 41.0 Å². The number of hydrogen-bond donors (Lipinski definition) is 0. The van der Waals surface area contributed by atoms with Gasteiger partial charge in [-0.05, 0) is 36.2 Å². The topological polar surface area (TPSA) is 82.1 Å². The number of carbonyl (C=O) groups excluding carboxylic acids is 1. The van der Waals surface area contributed by atoms with Crippen LogP contribution in [0.25, 0.3) is 0 Å². The number of anilines is 1. The van der Waals surface area contributed by atoms with E-state index in [1.807, 2.05) is 0 Å². The maximum atomic E-state index is 12.4. The van der Waals surface area contributed by atoms with Crippen molar-refractivity contribution < 1.29 is 27.4 Å². The Bertz CT molecular complexity index is 1010. The maximum absolute atomic E-state index is 12.4. The fraction of sp³-hybridized carbons (Fsp3) is 0.350. The SMILES string of the molecule is Cc1ccccc1N(CC(=O)OCc1cc(Cl)c2c(c1)OCCCO2)S(C)(=O)=O. The largest absolute Gasteiger partial charge is 0.489 e. The molecule has 1 aliphatic rings. The highest BCUT2D eigenvalue weighted by Gasteiger charge is 2.23. The third-order valence-electron chi connectivity index (χ3n) is 4.32. The zero-order valence-electron chi connectivity index (χ0n) is 16.2. The van der Waals surface area contributed by atoms with Gasteiger partial charge in [0.2, 0.25) is 10.0 Å². The molecule has 1 heterocycles. The summed E-state index contributed by atoms with van der Waals surface area (Å²) in [4.78, 5) is 12.4. The molecule has 0 atom stereocenters. The molecule has 9 heteroatoms. The van der Waals surface area contributed by atoms with Gasteiger partial charge >= 0.3 is 5.97 Å². The van der Waals surface area contributed by atoms with Crippen LogP contribution in [0, 0.1) is 6.92 Å². The summed E-state index contributed by atoms with van der Waals surface area (Å²) in [6.45, 7) is 2.30. The van der Waals surface area contributed by atoms with Gasteiger partial charge in [0.05, 0.1) is 30.2 Å². The predicted octanol–water partition coefficient (Wildman–Crippen LogP) is 3.32. The van der Waals surface area contributed by atoms with E-state index in [4.69, 9.17) is 25.8 Å². The summed E-state index contributed by atoms with van der Waals surface area (Å²) in [6, 6.07) is 10.3. The monoisotopic (exact) mass is 439 g/mol. The molecule has 0 radical (unpaired) electrons. The summed E-state index contributed by atoms with van der Waals surface area (Å²) >= 11 is 6.24. The summed E-state index contributed by atoms with van der Waals surface area (Å²) in [5, 5.41) is 0.369. The quantitative estimate of drug-likeness (QED) is 0.642. The van der Waals surface area contributed by atoms with Crippen LogP contribution in [-0.4, -0.2) is 40.4 Å². The van der Waals surface area contributed by atoms with Gasteiger partial charge in [0.15, 0.2) is 11.5 Å². The molecule has 2 aromatic rings. The molecule has 3 rings (SSSR count). The summed E-state index contributed by atoms with van der Waals surface area (Å²) < 4.78 is 41.9. The second kappa shape index (κ2) is 8.92. The number of esters is 1. The number of fused-ring (bicyclic) bond motifs is 1. The Morgan fingerprint density at radius 2 is 1.93 bits per heavy atom. The van der Waals surface area contributed by atoms with Crippen LogP contribution in [0.5, 0.6) is 11.5 Å². The van der Waals surface area contributed by atoms with Gasteiger partial charge in [0.25, 0.3) is 0 Å². The van der Waals surface area contributed by atoms with Crippen LogP contribution in [0.3, 0.4) is 0 Å².